The SMILES string of the molecule is COc1cc(/C=N/N(C)c2ccccc2)ccc1OCc1ccc(C)c2ccccc12. The third-order valence-electron chi connectivity index (χ3n) is 5.31. The number of nitrogens with zero attached hydrogens (tertiary/aromatic N) is 2. The maximum absolute atomic E-state index is 6.13. The van der Waals surface area contributed by atoms with Crippen molar-refractivity contribution in [1.82, 2.24) is 0 Å². The van der Waals surface area contributed by atoms with Crippen LogP contribution in [0.5, 0.6) is 11.5 Å². The summed E-state index contributed by atoms with van der Waals surface area (Å²) >= 11 is 0. The van der Waals surface area contributed by atoms with Crippen LogP contribution >= 0.6 is 0 Å². The molecule has 0 aliphatic carbocycles. The van der Waals surface area contributed by atoms with Crippen molar-refractivity contribution in [1.29, 1.82) is 0 Å². The minimum atomic E-state index is 0.474. The largest absolute Gasteiger partial charge is 0.493 e. The summed E-state index contributed by atoms with van der Waals surface area (Å²) in [6.07, 6.45) is 1.81. The highest BCUT2D eigenvalue weighted by molar-refractivity contribution is 5.88. The number of anilines is 1. The van der Waals surface area contributed by atoms with Gasteiger partial charge in [0.25, 0.3) is 0 Å². The van der Waals surface area contributed by atoms with Gasteiger partial charge >= 0.3 is 0 Å². The molecule has 0 radical (unpaired) electrons. The Labute approximate surface area is 183 Å². The Morgan fingerprint density at radius 1 is 0.839 bits per heavy atom. The van der Waals surface area contributed by atoms with Gasteiger partial charge in [-0.15, -0.1) is 0 Å². The Bertz CT molecular complexity index is 1200. The third-order valence-corrected chi connectivity index (χ3v) is 5.31. The van der Waals surface area contributed by atoms with Crippen LogP contribution in [0.25, 0.3) is 10.8 Å². The van der Waals surface area contributed by atoms with Crippen molar-refractivity contribution in [3.8, 4) is 11.5 Å². The molecule has 4 heteroatoms. The average molecular weight is 411 g/mol. The van der Waals surface area contributed by atoms with E-state index in [0.717, 1.165) is 16.8 Å². The predicted molar refractivity (Wildman–Crippen MR) is 128 cm³/mol. The molecule has 0 atom stereocenters. The van der Waals surface area contributed by atoms with Crippen LogP contribution in [0.2, 0.25) is 0 Å². The molecule has 0 aliphatic heterocycles. The Kier molecular flexibility index (Phi) is 6.18. The highest BCUT2D eigenvalue weighted by Gasteiger charge is 2.08. The van der Waals surface area contributed by atoms with E-state index >= 15 is 0 Å². The highest BCUT2D eigenvalue weighted by atomic mass is 16.5. The lowest BCUT2D eigenvalue weighted by Gasteiger charge is -2.14. The first kappa shape index (κ1) is 20.5. The van der Waals surface area contributed by atoms with Crippen molar-refractivity contribution in [2.75, 3.05) is 19.2 Å². The summed E-state index contributed by atoms with van der Waals surface area (Å²) in [6.45, 7) is 2.60. The minimum absolute atomic E-state index is 0.474. The zero-order chi connectivity index (χ0) is 21.6. The molecular formula is C27H26N2O2. The van der Waals surface area contributed by atoms with Crippen LogP contribution < -0.4 is 14.5 Å². The summed E-state index contributed by atoms with van der Waals surface area (Å²) in [5.41, 5.74) is 4.38. The van der Waals surface area contributed by atoms with E-state index in [1.54, 1.807) is 7.11 Å². The first-order valence-corrected chi connectivity index (χ1v) is 10.3. The lowest BCUT2D eigenvalue weighted by atomic mass is 10.0. The third kappa shape index (κ3) is 4.69. The molecule has 0 saturated carbocycles. The molecule has 4 nitrogen and oxygen atoms in total. The molecule has 4 aromatic carbocycles. The van der Waals surface area contributed by atoms with Gasteiger partial charge in [-0.3, -0.25) is 5.01 Å². The van der Waals surface area contributed by atoms with Crippen LogP contribution in [0, 0.1) is 6.92 Å². The second-order valence-corrected chi connectivity index (χ2v) is 7.39. The normalized spacial score (nSPS) is 11.1. The van der Waals surface area contributed by atoms with Crippen molar-refractivity contribution < 1.29 is 9.47 Å². The van der Waals surface area contributed by atoms with Crippen LogP contribution in [-0.2, 0) is 6.61 Å². The van der Waals surface area contributed by atoms with Crippen LogP contribution in [0.15, 0.2) is 90.0 Å². The van der Waals surface area contributed by atoms with Crippen LogP contribution in [0.1, 0.15) is 16.7 Å². The Morgan fingerprint density at radius 2 is 1.58 bits per heavy atom. The van der Waals surface area contributed by atoms with Crippen LogP contribution in [0.3, 0.4) is 0 Å². The zero-order valence-electron chi connectivity index (χ0n) is 18.1. The number of fused-ring (bicyclic) bond motifs is 1. The summed E-state index contributed by atoms with van der Waals surface area (Å²) in [5.74, 6) is 1.39. The number of hydrogen-bond donors (Lipinski definition) is 0. The lowest BCUT2D eigenvalue weighted by Crippen LogP contribution is -2.08. The van der Waals surface area contributed by atoms with Gasteiger partial charge in [0.05, 0.1) is 19.0 Å². The molecule has 0 aromatic heterocycles. The topological polar surface area (TPSA) is 34.1 Å². The predicted octanol–water partition coefficient (Wildman–Crippen LogP) is 6.21. The minimum Gasteiger partial charge on any atom is -0.493 e. The number of para-hydroxylation sites is 1. The first-order valence-electron chi connectivity index (χ1n) is 10.3. The number of methoxy groups -OCH3 is 1. The monoisotopic (exact) mass is 410 g/mol. The zero-order valence-corrected chi connectivity index (χ0v) is 18.1. The van der Waals surface area contributed by atoms with Gasteiger partial charge in [-0.05, 0) is 64.7 Å². The quantitative estimate of drug-likeness (QED) is 0.268. The maximum Gasteiger partial charge on any atom is 0.161 e. The second kappa shape index (κ2) is 9.35. The molecule has 0 fully saturated rings. The van der Waals surface area contributed by atoms with E-state index in [1.807, 2.05) is 66.8 Å². The van der Waals surface area contributed by atoms with Crippen LogP contribution in [-0.4, -0.2) is 20.4 Å². The second-order valence-electron chi connectivity index (χ2n) is 7.39. The number of hydrazone groups is 1. The molecule has 0 bridgehead atoms. The van der Waals surface area contributed by atoms with Gasteiger partial charge in [-0.1, -0.05) is 54.6 Å². The molecule has 4 aromatic rings. The first-order chi connectivity index (χ1) is 15.2. The summed E-state index contributed by atoms with van der Waals surface area (Å²) in [6, 6.07) is 28.5. The molecule has 31 heavy (non-hydrogen) atoms. The summed E-state index contributed by atoms with van der Waals surface area (Å²) in [4.78, 5) is 0. The van der Waals surface area contributed by atoms with Crippen molar-refractivity contribution >= 4 is 22.7 Å². The van der Waals surface area contributed by atoms with Crippen LogP contribution in [0.4, 0.5) is 5.69 Å². The van der Waals surface area contributed by atoms with Gasteiger partial charge in [-0.2, -0.15) is 5.10 Å². The Hall–Kier alpha value is -3.79. The number of hydrogen-bond acceptors (Lipinski definition) is 4. The molecule has 0 heterocycles. The van der Waals surface area contributed by atoms with E-state index < -0.39 is 0 Å². The lowest BCUT2D eigenvalue weighted by molar-refractivity contribution is 0.285. The summed E-state index contributed by atoms with van der Waals surface area (Å²) in [7, 11) is 3.58. The average Bonchev–Trinajstić information content (AvgIpc) is 2.83. The van der Waals surface area contributed by atoms with E-state index in [2.05, 4.69) is 48.4 Å². The molecule has 4 rings (SSSR count). The van der Waals surface area contributed by atoms with E-state index in [0.29, 0.717) is 18.1 Å². The van der Waals surface area contributed by atoms with Gasteiger partial charge in [0.2, 0.25) is 0 Å². The van der Waals surface area contributed by atoms with E-state index in [1.165, 1.54) is 16.3 Å². The van der Waals surface area contributed by atoms with Gasteiger partial charge in [0.15, 0.2) is 11.5 Å². The summed E-state index contributed by atoms with van der Waals surface area (Å²) < 4.78 is 11.7. The van der Waals surface area contributed by atoms with Crippen molar-refractivity contribution in [2.24, 2.45) is 5.10 Å². The molecule has 0 N–H and O–H groups in total. The van der Waals surface area contributed by atoms with Gasteiger partial charge in [-0.25, -0.2) is 0 Å². The van der Waals surface area contributed by atoms with Crippen molar-refractivity contribution in [3.05, 3.63) is 102 Å². The van der Waals surface area contributed by atoms with E-state index in [-0.39, 0.29) is 0 Å². The van der Waals surface area contributed by atoms with E-state index in [4.69, 9.17) is 9.47 Å². The molecule has 156 valence electrons. The number of rotatable bonds is 7. The number of benzene rings is 4. The maximum atomic E-state index is 6.13. The molecular weight excluding hydrogens is 384 g/mol. The molecule has 0 spiro atoms. The highest BCUT2D eigenvalue weighted by Crippen LogP contribution is 2.30. The fraction of sp³-hybridized carbons (Fsp3) is 0.148. The van der Waals surface area contributed by atoms with Crippen molar-refractivity contribution in [3.63, 3.8) is 0 Å². The van der Waals surface area contributed by atoms with Gasteiger partial charge < -0.3 is 9.47 Å². The van der Waals surface area contributed by atoms with Gasteiger partial charge in [0, 0.05) is 7.05 Å². The number of ether oxygens (including phenoxy) is 2. The Balaban J connectivity index is 1.50. The summed E-state index contributed by atoms with van der Waals surface area (Å²) in [5, 5.41) is 8.82. The molecule has 0 saturated heterocycles. The molecule has 0 amide bonds. The number of aryl methyl sites for hydroxylation is 1. The van der Waals surface area contributed by atoms with Crippen molar-refractivity contribution in [2.45, 2.75) is 13.5 Å². The standard InChI is InChI=1S/C27H26N2O2/c1-20-13-15-22(25-12-8-7-11-24(20)25)19-31-26-16-14-21(17-27(26)30-3)18-28-29(2)23-9-5-4-6-10-23/h4-18H,19H2,1-3H3/b28-18+. The fourth-order valence-electron chi connectivity index (χ4n) is 3.54. The molecule has 0 unspecified atom stereocenters. The smallest absolute Gasteiger partial charge is 0.161 e. The Morgan fingerprint density at radius 3 is 2.35 bits per heavy atom. The van der Waals surface area contributed by atoms with Gasteiger partial charge in [0.1, 0.15) is 6.61 Å². The molecule has 0 aliphatic rings. The fourth-order valence-corrected chi connectivity index (χ4v) is 3.54. The van der Waals surface area contributed by atoms with E-state index in [9.17, 15) is 0 Å².